The molecule has 1 heterocycles. The topological polar surface area (TPSA) is 97.7 Å². The van der Waals surface area contributed by atoms with Crippen molar-refractivity contribution in [1.29, 1.82) is 0 Å². The smallest absolute Gasteiger partial charge is 0.270 e. The molecule has 28 heavy (non-hydrogen) atoms. The minimum Gasteiger partial charge on any atom is -0.455 e. The highest BCUT2D eigenvalue weighted by Crippen LogP contribution is 2.32. The van der Waals surface area contributed by atoms with E-state index in [1.807, 2.05) is 0 Å². The zero-order valence-corrected chi connectivity index (χ0v) is 15.8. The fraction of sp³-hybridized carbons (Fsp3) is 0.0526. The second-order valence-corrected chi connectivity index (χ2v) is 6.56. The number of hydrogen-bond donors (Lipinski definition) is 1. The standard InChI is InChI=1S/C19H13Cl2N3O4/c20-13-3-1-12(2-4-13)9-19(25)23-22-11-15-6-8-18(28-15)16-7-5-14(24(26)27)10-17(16)21/h1-8,10-11H,9H2,(H,23,25)/b22-11-. The molecular weight excluding hydrogens is 405 g/mol. The zero-order chi connectivity index (χ0) is 20.1. The molecule has 7 nitrogen and oxygen atoms in total. The van der Waals surface area contributed by atoms with Crippen molar-refractivity contribution in [3.8, 4) is 11.3 Å². The Kier molecular flexibility index (Phi) is 6.08. The molecule has 0 aliphatic rings. The summed E-state index contributed by atoms with van der Waals surface area (Å²) in [6, 6.07) is 14.3. The van der Waals surface area contributed by atoms with Crippen LogP contribution < -0.4 is 5.43 Å². The van der Waals surface area contributed by atoms with E-state index in [9.17, 15) is 14.9 Å². The molecule has 2 aromatic carbocycles. The van der Waals surface area contributed by atoms with Crippen molar-refractivity contribution in [3.05, 3.63) is 86.1 Å². The van der Waals surface area contributed by atoms with Gasteiger partial charge >= 0.3 is 0 Å². The minimum atomic E-state index is -0.525. The second-order valence-electron chi connectivity index (χ2n) is 5.72. The first kappa shape index (κ1) is 19.6. The van der Waals surface area contributed by atoms with Crippen LogP contribution in [0.2, 0.25) is 10.0 Å². The van der Waals surface area contributed by atoms with Crippen LogP contribution in [0.1, 0.15) is 11.3 Å². The number of nitro groups is 1. The molecule has 0 unspecified atom stereocenters. The number of furan rings is 1. The van der Waals surface area contributed by atoms with E-state index in [0.717, 1.165) is 5.56 Å². The van der Waals surface area contributed by atoms with Crippen LogP contribution in [0.25, 0.3) is 11.3 Å². The van der Waals surface area contributed by atoms with E-state index in [1.165, 1.54) is 24.4 Å². The van der Waals surface area contributed by atoms with Crippen LogP contribution in [0, 0.1) is 10.1 Å². The maximum Gasteiger partial charge on any atom is 0.270 e. The largest absolute Gasteiger partial charge is 0.455 e. The average molecular weight is 418 g/mol. The number of benzene rings is 2. The molecule has 0 spiro atoms. The summed E-state index contributed by atoms with van der Waals surface area (Å²) in [5.41, 5.74) is 3.63. The lowest BCUT2D eigenvalue weighted by atomic mass is 10.1. The first-order valence-electron chi connectivity index (χ1n) is 8.03. The normalized spacial score (nSPS) is 10.9. The number of hydrogen-bond acceptors (Lipinski definition) is 5. The molecule has 0 fully saturated rings. The SMILES string of the molecule is O=C(Cc1ccc(Cl)cc1)N/N=C\c1ccc(-c2ccc([N+](=O)[O-])cc2Cl)o1. The quantitative estimate of drug-likeness (QED) is 0.351. The van der Waals surface area contributed by atoms with Crippen LogP contribution in [0.4, 0.5) is 5.69 Å². The molecule has 0 saturated heterocycles. The number of amides is 1. The number of hydrazone groups is 1. The van der Waals surface area contributed by atoms with Crippen LogP contribution >= 0.6 is 23.2 Å². The molecular formula is C19H13Cl2N3O4. The summed E-state index contributed by atoms with van der Waals surface area (Å²) in [4.78, 5) is 22.1. The Hall–Kier alpha value is -3.16. The van der Waals surface area contributed by atoms with Gasteiger partial charge in [0, 0.05) is 22.7 Å². The van der Waals surface area contributed by atoms with Gasteiger partial charge in [0.25, 0.3) is 5.69 Å². The van der Waals surface area contributed by atoms with E-state index < -0.39 is 4.92 Å². The van der Waals surface area contributed by atoms with Crippen LogP contribution in [-0.4, -0.2) is 17.0 Å². The summed E-state index contributed by atoms with van der Waals surface area (Å²) in [5.74, 6) is 0.522. The Morgan fingerprint density at radius 3 is 2.57 bits per heavy atom. The van der Waals surface area contributed by atoms with Gasteiger partial charge in [-0.05, 0) is 35.9 Å². The van der Waals surface area contributed by atoms with Crippen molar-refractivity contribution in [1.82, 2.24) is 5.43 Å². The van der Waals surface area contributed by atoms with Crippen molar-refractivity contribution in [2.24, 2.45) is 5.10 Å². The first-order chi connectivity index (χ1) is 13.4. The van der Waals surface area contributed by atoms with Gasteiger partial charge in [0.15, 0.2) is 0 Å². The summed E-state index contributed by atoms with van der Waals surface area (Å²) >= 11 is 11.9. The molecule has 142 valence electrons. The maximum absolute atomic E-state index is 11.9. The minimum absolute atomic E-state index is 0.106. The van der Waals surface area contributed by atoms with Crippen LogP contribution in [0.3, 0.4) is 0 Å². The Morgan fingerprint density at radius 1 is 1.14 bits per heavy atom. The molecule has 0 radical (unpaired) electrons. The number of carbonyl (C=O) groups excluding carboxylic acids is 1. The third-order valence-electron chi connectivity index (χ3n) is 3.71. The summed E-state index contributed by atoms with van der Waals surface area (Å²) in [6.45, 7) is 0. The molecule has 9 heteroatoms. The lowest BCUT2D eigenvalue weighted by Crippen LogP contribution is -2.19. The molecule has 0 aliphatic carbocycles. The number of nitrogens with zero attached hydrogens (tertiary/aromatic N) is 2. The molecule has 0 atom stereocenters. The molecule has 3 aromatic rings. The van der Waals surface area contributed by atoms with Gasteiger partial charge in [-0.15, -0.1) is 0 Å². The molecule has 1 aromatic heterocycles. The van der Waals surface area contributed by atoms with E-state index in [-0.39, 0.29) is 23.0 Å². The Balaban J connectivity index is 1.62. The predicted molar refractivity (Wildman–Crippen MR) is 107 cm³/mol. The summed E-state index contributed by atoms with van der Waals surface area (Å²) in [6.07, 6.45) is 1.51. The zero-order valence-electron chi connectivity index (χ0n) is 14.3. The molecule has 1 N–H and O–H groups in total. The average Bonchev–Trinajstić information content (AvgIpc) is 3.12. The monoisotopic (exact) mass is 417 g/mol. The molecule has 0 saturated carbocycles. The van der Waals surface area contributed by atoms with E-state index in [1.54, 1.807) is 36.4 Å². The van der Waals surface area contributed by atoms with E-state index in [4.69, 9.17) is 27.6 Å². The number of rotatable bonds is 6. The summed E-state index contributed by atoms with van der Waals surface area (Å²) in [7, 11) is 0. The van der Waals surface area contributed by atoms with Crippen molar-refractivity contribution < 1.29 is 14.1 Å². The van der Waals surface area contributed by atoms with E-state index >= 15 is 0 Å². The lowest BCUT2D eigenvalue weighted by molar-refractivity contribution is -0.384. The number of nitro benzene ring substituents is 1. The summed E-state index contributed by atoms with van der Waals surface area (Å²) < 4.78 is 5.59. The van der Waals surface area contributed by atoms with Crippen LogP contribution in [0.5, 0.6) is 0 Å². The van der Waals surface area contributed by atoms with Gasteiger partial charge in [-0.2, -0.15) is 5.10 Å². The van der Waals surface area contributed by atoms with Crippen LogP contribution in [0.15, 0.2) is 64.1 Å². The Morgan fingerprint density at radius 2 is 1.89 bits per heavy atom. The van der Waals surface area contributed by atoms with E-state index in [0.29, 0.717) is 22.1 Å². The molecule has 0 aliphatic heterocycles. The number of nitrogens with one attached hydrogen (secondary N) is 1. The highest BCUT2D eigenvalue weighted by molar-refractivity contribution is 6.33. The third-order valence-corrected chi connectivity index (χ3v) is 4.28. The Labute approximate surface area is 169 Å². The van der Waals surface area contributed by atoms with Gasteiger partial charge < -0.3 is 4.42 Å². The molecule has 1 amide bonds. The van der Waals surface area contributed by atoms with Crippen molar-refractivity contribution >= 4 is 41.0 Å². The predicted octanol–water partition coefficient (Wildman–Crippen LogP) is 4.85. The fourth-order valence-corrected chi connectivity index (χ4v) is 2.77. The van der Waals surface area contributed by atoms with Gasteiger partial charge in [0.2, 0.25) is 5.91 Å². The summed E-state index contributed by atoms with van der Waals surface area (Å²) in [5, 5.41) is 15.4. The lowest BCUT2D eigenvalue weighted by Gasteiger charge is -2.01. The van der Waals surface area contributed by atoms with Gasteiger partial charge in [-0.25, -0.2) is 5.43 Å². The Bertz CT molecular complexity index is 1050. The van der Waals surface area contributed by atoms with Crippen molar-refractivity contribution in [2.75, 3.05) is 0 Å². The van der Waals surface area contributed by atoms with Gasteiger partial charge in [-0.3, -0.25) is 14.9 Å². The second kappa shape index (κ2) is 8.69. The van der Waals surface area contributed by atoms with Gasteiger partial charge in [0.1, 0.15) is 11.5 Å². The fourth-order valence-electron chi connectivity index (χ4n) is 2.38. The maximum atomic E-state index is 11.9. The van der Waals surface area contributed by atoms with Crippen LogP contribution in [-0.2, 0) is 11.2 Å². The van der Waals surface area contributed by atoms with Gasteiger partial charge in [0.05, 0.1) is 22.6 Å². The highest BCUT2D eigenvalue weighted by atomic mass is 35.5. The highest BCUT2D eigenvalue weighted by Gasteiger charge is 2.13. The van der Waals surface area contributed by atoms with E-state index in [2.05, 4.69) is 10.5 Å². The third kappa shape index (κ3) is 4.97. The molecule has 0 bridgehead atoms. The first-order valence-corrected chi connectivity index (χ1v) is 8.78. The van der Waals surface area contributed by atoms with Gasteiger partial charge in [-0.1, -0.05) is 35.3 Å². The molecule has 3 rings (SSSR count). The number of carbonyl (C=O) groups is 1. The van der Waals surface area contributed by atoms with Crippen molar-refractivity contribution in [2.45, 2.75) is 6.42 Å². The number of non-ortho nitro benzene ring substituents is 1. The van der Waals surface area contributed by atoms with Crippen molar-refractivity contribution in [3.63, 3.8) is 0 Å². The number of halogens is 2.